The molecule has 0 saturated carbocycles. The highest BCUT2D eigenvalue weighted by Gasteiger charge is 2.31. The molecule has 0 atom stereocenters. The summed E-state index contributed by atoms with van der Waals surface area (Å²) in [4.78, 5) is 25.9. The Kier molecular flexibility index (Phi) is 3.81. The quantitative estimate of drug-likeness (QED) is 0.914. The highest BCUT2D eigenvalue weighted by atomic mass is 79.9. The van der Waals surface area contributed by atoms with Gasteiger partial charge in [0.25, 0.3) is 5.91 Å². The fourth-order valence-electron chi connectivity index (χ4n) is 2.41. The van der Waals surface area contributed by atoms with Gasteiger partial charge >= 0.3 is 0 Å². The van der Waals surface area contributed by atoms with Crippen molar-refractivity contribution < 1.29 is 9.59 Å². The Hall–Kier alpha value is -2.40. The van der Waals surface area contributed by atoms with Crippen LogP contribution in [0.15, 0.2) is 59.6 Å². The van der Waals surface area contributed by atoms with Crippen LogP contribution in [0.1, 0.15) is 15.9 Å². The lowest BCUT2D eigenvalue weighted by Gasteiger charge is -2.17. The van der Waals surface area contributed by atoms with Crippen LogP contribution in [0, 0.1) is 0 Å². The Morgan fingerprint density at radius 1 is 1.14 bits per heavy atom. The van der Waals surface area contributed by atoms with Crippen LogP contribution in [-0.2, 0) is 4.79 Å². The van der Waals surface area contributed by atoms with E-state index in [9.17, 15) is 9.59 Å². The van der Waals surface area contributed by atoms with E-state index in [0.29, 0.717) is 16.9 Å². The zero-order valence-corrected chi connectivity index (χ0v) is 13.3. The van der Waals surface area contributed by atoms with Crippen molar-refractivity contribution in [2.24, 2.45) is 0 Å². The van der Waals surface area contributed by atoms with E-state index in [1.807, 2.05) is 24.3 Å². The zero-order valence-electron chi connectivity index (χ0n) is 11.7. The molecule has 110 valence electrons. The fourth-order valence-corrected chi connectivity index (χ4v) is 2.81. The minimum absolute atomic E-state index is 0.0567. The summed E-state index contributed by atoms with van der Waals surface area (Å²) in [6.45, 7) is 3.86. The van der Waals surface area contributed by atoms with Crippen molar-refractivity contribution >= 4 is 39.1 Å². The van der Waals surface area contributed by atoms with Crippen LogP contribution in [0.4, 0.5) is 5.69 Å². The van der Waals surface area contributed by atoms with E-state index in [1.165, 1.54) is 4.90 Å². The standard InChI is InChI=1S/C17H13BrN2O2/c1-11-14-7-2-3-8-15(14)17(22)20(11)10-16(21)19-13-6-4-5-12(18)9-13/h2-9H,1,10H2,(H,19,21). The molecule has 0 fully saturated rings. The van der Waals surface area contributed by atoms with Gasteiger partial charge in [0.05, 0.1) is 0 Å². The van der Waals surface area contributed by atoms with Crippen molar-refractivity contribution in [1.29, 1.82) is 0 Å². The first kappa shape index (κ1) is 14.5. The summed E-state index contributed by atoms with van der Waals surface area (Å²) < 4.78 is 0.874. The third-order valence-corrected chi connectivity index (χ3v) is 3.94. The molecule has 2 aromatic rings. The third kappa shape index (κ3) is 2.67. The number of hydrogen-bond acceptors (Lipinski definition) is 2. The van der Waals surface area contributed by atoms with Gasteiger partial charge < -0.3 is 5.32 Å². The van der Waals surface area contributed by atoms with Crippen LogP contribution >= 0.6 is 15.9 Å². The highest BCUT2D eigenvalue weighted by molar-refractivity contribution is 9.10. The van der Waals surface area contributed by atoms with Crippen LogP contribution in [-0.4, -0.2) is 23.3 Å². The third-order valence-electron chi connectivity index (χ3n) is 3.45. The van der Waals surface area contributed by atoms with Crippen LogP contribution in [0.5, 0.6) is 0 Å². The molecular weight excluding hydrogens is 344 g/mol. The highest BCUT2D eigenvalue weighted by Crippen LogP contribution is 2.30. The molecule has 0 radical (unpaired) electrons. The number of nitrogens with zero attached hydrogens (tertiary/aromatic N) is 1. The minimum atomic E-state index is -0.264. The molecule has 0 aliphatic carbocycles. The van der Waals surface area contributed by atoms with E-state index in [0.717, 1.165) is 10.0 Å². The number of halogens is 1. The molecule has 0 aromatic heterocycles. The molecule has 1 aliphatic rings. The van der Waals surface area contributed by atoms with Crippen LogP contribution in [0.2, 0.25) is 0 Å². The number of anilines is 1. The molecule has 3 rings (SSSR count). The molecule has 2 amide bonds. The number of hydrogen-bond donors (Lipinski definition) is 1. The van der Waals surface area contributed by atoms with Crippen molar-refractivity contribution in [3.63, 3.8) is 0 Å². The van der Waals surface area contributed by atoms with Gasteiger partial charge in [-0.3, -0.25) is 14.5 Å². The smallest absolute Gasteiger partial charge is 0.259 e. The average molecular weight is 357 g/mol. The molecule has 22 heavy (non-hydrogen) atoms. The summed E-state index contributed by atoms with van der Waals surface area (Å²) in [5, 5.41) is 2.77. The van der Waals surface area contributed by atoms with Crippen LogP contribution < -0.4 is 5.32 Å². The van der Waals surface area contributed by atoms with Crippen LogP contribution in [0.3, 0.4) is 0 Å². The average Bonchev–Trinajstić information content (AvgIpc) is 2.73. The second-order valence-electron chi connectivity index (χ2n) is 4.94. The Balaban J connectivity index is 1.73. The van der Waals surface area contributed by atoms with E-state index < -0.39 is 0 Å². The van der Waals surface area contributed by atoms with E-state index in [1.54, 1.807) is 24.3 Å². The van der Waals surface area contributed by atoms with E-state index in [4.69, 9.17) is 0 Å². The van der Waals surface area contributed by atoms with Crippen molar-refractivity contribution in [3.05, 3.63) is 70.7 Å². The molecule has 0 bridgehead atoms. The number of carbonyl (C=O) groups excluding carboxylic acids is 2. The number of fused-ring (bicyclic) bond motifs is 1. The lowest BCUT2D eigenvalue weighted by atomic mass is 10.1. The van der Waals surface area contributed by atoms with Crippen molar-refractivity contribution in [2.75, 3.05) is 11.9 Å². The largest absolute Gasteiger partial charge is 0.324 e. The Labute approximate surface area is 136 Å². The fraction of sp³-hybridized carbons (Fsp3) is 0.0588. The topological polar surface area (TPSA) is 49.4 Å². The molecular formula is C17H13BrN2O2. The Morgan fingerprint density at radius 3 is 2.55 bits per heavy atom. The van der Waals surface area contributed by atoms with E-state index >= 15 is 0 Å². The predicted molar refractivity (Wildman–Crippen MR) is 89.3 cm³/mol. The maximum Gasteiger partial charge on any atom is 0.259 e. The van der Waals surface area contributed by atoms with Gasteiger partial charge in [-0.15, -0.1) is 0 Å². The Bertz CT molecular complexity index is 751. The van der Waals surface area contributed by atoms with Gasteiger partial charge in [0, 0.05) is 27.0 Å². The first-order chi connectivity index (χ1) is 10.6. The Morgan fingerprint density at radius 2 is 1.86 bits per heavy atom. The number of nitrogens with one attached hydrogen (secondary N) is 1. The molecule has 0 saturated heterocycles. The molecule has 0 spiro atoms. The lowest BCUT2D eigenvalue weighted by molar-refractivity contribution is -0.116. The summed E-state index contributed by atoms with van der Waals surface area (Å²) in [6.07, 6.45) is 0. The van der Waals surface area contributed by atoms with Gasteiger partial charge in [-0.1, -0.05) is 46.8 Å². The molecule has 1 aliphatic heterocycles. The molecule has 5 heteroatoms. The number of benzene rings is 2. The monoisotopic (exact) mass is 356 g/mol. The van der Waals surface area contributed by atoms with E-state index in [2.05, 4.69) is 27.8 Å². The normalized spacial score (nSPS) is 13.2. The summed E-state index contributed by atoms with van der Waals surface area (Å²) >= 11 is 3.35. The zero-order chi connectivity index (χ0) is 15.7. The number of carbonyl (C=O) groups is 2. The predicted octanol–water partition coefficient (Wildman–Crippen LogP) is 3.51. The summed E-state index contributed by atoms with van der Waals surface area (Å²) in [6, 6.07) is 14.5. The maximum absolute atomic E-state index is 12.3. The first-order valence-corrected chi connectivity index (χ1v) is 7.51. The van der Waals surface area contributed by atoms with Gasteiger partial charge in [-0.2, -0.15) is 0 Å². The summed E-state index contributed by atoms with van der Waals surface area (Å²) in [5.74, 6) is -0.453. The van der Waals surface area contributed by atoms with Gasteiger partial charge in [-0.05, 0) is 24.3 Å². The van der Waals surface area contributed by atoms with Crippen molar-refractivity contribution in [1.82, 2.24) is 4.90 Å². The van der Waals surface area contributed by atoms with Gasteiger partial charge in [0.2, 0.25) is 5.91 Å². The lowest BCUT2D eigenvalue weighted by Crippen LogP contribution is -2.32. The maximum atomic E-state index is 12.3. The van der Waals surface area contributed by atoms with Gasteiger partial charge in [0.15, 0.2) is 0 Å². The second-order valence-corrected chi connectivity index (χ2v) is 5.86. The molecule has 4 nitrogen and oxygen atoms in total. The number of rotatable bonds is 3. The molecule has 1 heterocycles. The van der Waals surface area contributed by atoms with Crippen LogP contribution in [0.25, 0.3) is 5.70 Å². The number of amides is 2. The minimum Gasteiger partial charge on any atom is -0.324 e. The second kappa shape index (κ2) is 5.77. The summed E-state index contributed by atoms with van der Waals surface area (Å²) in [5.41, 5.74) is 2.60. The van der Waals surface area contributed by atoms with Crippen molar-refractivity contribution in [2.45, 2.75) is 0 Å². The molecule has 0 unspecified atom stereocenters. The molecule has 1 N–H and O–H groups in total. The van der Waals surface area contributed by atoms with Gasteiger partial charge in [0.1, 0.15) is 6.54 Å². The SMILES string of the molecule is C=C1c2ccccc2C(=O)N1CC(=O)Nc1cccc(Br)c1. The molecule has 2 aromatic carbocycles. The van der Waals surface area contributed by atoms with Gasteiger partial charge in [-0.25, -0.2) is 0 Å². The first-order valence-electron chi connectivity index (χ1n) is 6.72. The summed E-state index contributed by atoms with van der Waals surface area (Å²) in [7, 11) is 0. The van der Waals surface area contributed by atoms with Crippen molar-refractivity contribution in [3.8, 4) is 0 Å². The van der Waals surface area contributed by atoms with E-state index in [-0.39, 0.29) is 18.4 Å².